The number of urea groups is 1. The lowest BCUT2D eigenvalue weighted by molar-refractivity contribution is 0.0525. The number of carbonyl (C=O) groups is 2. The van der Waals surface area contributed by atoms with Gasteiger partial charge in [-0.2, -0.15) is 5.10 Å². The Morgan fingerprint density at radius 3 is 2.71 bits per heavy atom. The summed E-state index contributed by atoms with van der Waals surface area (Å²) in [6.07, 6.45) is 8.89. The first-order chi connectivity index (χ1) is 16.7. The maximum absolute atomic E-state index is 12.5. The number of nitrogens with one attached hydrogen (secondary N) is 2. The van der Waals surface area contributed by atoms with E-state index in [1.165, 1.54) is 4.31 Å². The van der Waals surface area contributed by atoms with E-state index in [2.05, 4.69) is 43.5 Å². The van der Waals surface area contributed by atoms with Gasteiger partial charge in [0.15, 0.2) is 5.65 Å². The molecule has 0 bridgehead atoms. The van der Waals surface area contributed by atoms with Crippen molar-refractivity contribution in [1.29, 1.82) is 0 Å². The average molecular weight is 499 g/mol. The van der Waals surface area contributed by atoms with Crippen molar-refractivity contribution in [3.63, 3.8) is 0 Å². The minimum Gasteiger partial charge on any atom is -0.444 e. The zero-order chi connectivity index (χ0) is 25.0. The van der Waals surface area contributed by atoms with Gasteiger partial charge in [0.1, 0.15) is 16.9 Å². The Kier molecular flexibility index (Phi) is 7.39. The van der Waals surface area contributed by atoms with Crippen molar-refractivity contribution in [3.05, 3.63) is 30.7 Å². The predicted octanol–water partition coefficient (Wildman–Crippen LogP) is 3.72. The number of hydrogen-bond acceptors (Lipinski definition) is 8. The Hall–Kier alpha value is -3.41. The number of anilines is 1. The van der Waals surface area contributed by atoms with Gasteiger partial charge < -0.3 is 15.4 Å². The van der Waals surface area contributed by atoms with Gasteiger partial charge in [0.05, 0.1) is 24.6 Å². The highest BCUT2D eigenvalue weighted by atomic mass is 32.1. The first kappa shape index (κ1) is 24.7. The molecule has 3 heterocycles. The average Bonchev–Trinajstić information content (AvgIpc) is 3.49. The number of ether oxygens (including phenoxy) is 1. The largest absolute Gasteiger partial charge is 0.444 e. The van der Waals surface area contributed by atoms with Crippen molar-refractivity contribution in [2.45, 2.75) is 64.6 Å². The quantitative estimate of drug-likeness (QED) is 0.442. The first-order valence-electron chi connectivity index (χ1n) is 11.6. The SMILES string of the molecule is CC(C)(C)OC(=O)NCCn1cc(-c2cnc3ccc(N(S)C(=O)NC4CCCC4)nc3n2)cn1. The van der Waals surface area contributed by atoms with Crippen LogP contribution in [0.5, 0.6) is 0 Å². The van der Waals surface area contributed by atoms with Crippen molar-refractivity contribution in [3.8, 4) is 11.3 Å². The molecule has 3 aromatic rings. The summed E-state index contributed by atoms with van der Waals surface area (Å²) in [6, 6.07) is 3.32. The van der Waals surface area contributed by atoms with E-state index >= 15 is 0 Å². The van der Waals surface area contributed by atoms with Gasteiger partial charge in [0, 0.05) is 24.3 Å². The highest BCUT2D eigenvalue weighted by molar-refractivity contribution is 7.82. The van der Waals surface area contributed by atoms with Gasteiger partial charge in [-0.1, -0.05) is 25.7 Å². The molecule has 1 aliphatic rings. The zero-order valence-electron chi connectivity index (χ0n) is 20.1. The van der Waals surface area contributed by atoms with Crippen LogP contribution >= 0.6 is 12.8 Å². The molecule has 0 aromatic carbocycles. The van der Waals surface area contributed by atoms with E-state index in [0.717, 1.165) is 31.2 Å². The number of amides is 3. The van der Waals surface area contributed by atoms with Crippen LogP contribution in [0.15, 0.2) is 30.7 Å². The van der Waals surface area contributed by atoms with Gasteiger partial charge in [0.2, 0.25) is 0 Å². The maximum Gasteiger partial charge on any atom is 0.407 e. The number of alkyl carbamates (subject to hydrolysis) is 1. The van der Waals surface area contributed by atoms with E-state index in [1.54, 1.807) is 29.2 Å². The molecule has 1 saturated carbocycles. The van der Waals surface area contributed by atoms with Crippen molar-refractivity contribution >= 4 is 41.9 Å². The number of thiol groups is 1. The fourth-order valence-corrected chi connectivity index (χ4v) is 3.93. The summed E-state index contributed by atoms with van der Waals surface area (Å²) in [5.74, 6) is 0.367. The van der Waals surface area contributed by atoms with Crippen LogP contribution in [0, 0.1) is 0 Å². The van der Waals surface area contributed by atoms with Gasteiger partial charge >= 0.3 is 12.1 Å². The standard InChI is InChI=1S/C23H30N8O3S/c1-23(2,3)34-22(33)24-10-11-30-14-15(12-26-30)18-13-25-17-8-9-19(29-20(17)28-18)31(35)21(32)27-16-6-4-5-7-16/h8-9,12-14,16,35H,4-7,10-11H2,1-3H3,(H,24,33)(H,27,32). The Morgan fingerprint density at radius 2 is 1.97 bits per heavy atom. The normalized spacial score (nSPS) is 14.2. The molecule has 1 fully saturated rings. The third-order valence-electron chi connectivity index (χ3n) is 5.42. The molecule has 3 aromatic heterocycles. The van der Waals surface area contributed by atoms with Crippen molar-refractivity contribution < 1.29 is 14.3 Å². The molecule has 2 N–H and O–H groups in total. The highest BCUT2D eigenvalue weighted by Gasteiger charge is 2.21. The lowest BCUT2D eigenvalue weighted by Gasteiger charge is -2.19. The number of hydrogen-bond donors (Lipinski definition) is 3. The molecule has 11 nitrogen and oxygen atoms in total. The molecule has 186 valence electrons. The van der Waals surface area contributed by atoms with Crippen LogP contribution in [0.2, 0.25) is 0 Å². The molecule has 35 heavy (non-hydrogen) atoms. The van der Waals surface area contributed by atoms with Crippen LogP contribution in [-0.2, 0) is 11.3 Å². The van der Waals surface area contributed by atoms with Crippen LogP contribution in [-0.4, -0.2) is 55.0 Å². The fraction of sp³-hybridized carbons (Fsp3) is 0.478. The second-order valence-electron chi connectivity index (χ2n) is 9.43. The van der Waals surface area contributed by atoms with E-state index in [9.17, 15) is 9.59 Å². The first-order valence-corrected chi connectivity index (χ1v) is 12.0. The number of fused-ring (bicyclic) bond motifs is 1. The molecule has 1 aliphatic carbocycles. The number of pyridine rings is 1. The van der Waals surface area contributed by atoms with Crippen LogP contribution in [0.3, 0.4) is 0 Å². The summed E-state index contributed by atoms with van der Waals surface area (Å²) in [4.78, 5) is 37.8. The van der Waals surface area contributed by atoms with Crippen LogP contribution in [0.25, 0.3) is 22.4 Å². The highest BCUT2D eigenvalue weighted by Crippen LogP contribution is 2.22. The molecule has 0 unspecified atom stereocenters. The van der Waals surface area contributed by atoms with Crippen molar-refractivity contribution in [1.82, 2.24) is 35.4 Å². The molecule has 0 aliphatic heterocycles. The summed E-state index contributed by atoms with van der Waals surface area (Å²) in [6.45, 7) is 6.27. The van der Waals surface area contributed by atoms with E-state index in [1.807, 2.05) is 27.0 Å². The second kappa shape index (κ2) is 10.5. The van der Waals surface area contributed by atoms with E-state index < -0.39 is 11.7 Å². The number of rotatable bonds is 6. The minimum atomic E-state index is -0.546. The molecule has 4 rings (SSSR count). The molecule has 0 spiro atoms. The summed E-state index contributed by atoms with van der Waals surface area (Å²) in [5.41, 5.74) is 1.80. The van der Waals surface area contributed by atoms with Crippen molar-refractivity contribution in [2.24, 2.45) is 0 Å². The van der Waals surface area contributed by atoms with Crippen LogP contribution in [0.1, 0.15) is 46.5 Å². The summed E-state index contributed by atoms with van der Waals surface area (Å²) < 4.78 is 8.12. The third-order valence-corrected chi connectivity index (χ3v) is 5.81. The number of carbonyl (C=O) groups excluding carboxylic acids is 2. The van der Waals surface area contributed by atoms with Gasteiger partial charge in [-0.05, 0) is 45.7 Å². The lowest BCUT2D eigenvalue weighted by atomic mass is 10.2. The van der Waals surface area contributed by atoms with Gasteiger partial charge in [0.25, 0.3) is 0 Å². The Labute approximate surface area is 209 Å². The van der Waals surface area contributed by atoms with E-state index in [4.69, 9.17) is 4.74 Å². The Bertz CT molecular complexity index is 1200. The van der Waals surface area contributed by atoms with Gasteiger partial charge in [-0.3, -0.25) is 9.67 Å². The summed E-state index contributed by atoms with van der Waals surface area (Å²) >= 11 is 4.34. The second-order valence-corrected chi connectivity index (χ2v) is 9.83. The van der Waals surface area contributed by atoms with Gasteiger partial charge in [-0.15, -0.1) is 0 Å². The molecule has 0 saturated heterocycles. The Balaban J connectivity index is 1.41. The Morgan fingerprint density at radius 1 is 1.20 bits per heavy atom. The number of aromatic nitrogens is 5. The smallest absolute Gasteiger partial charge is 0.407 e. The topological polar surface area (TPSA) is 127 Å². The molecule has 12 heteroatoms. The number of nitrogens with zero attached hydrogens (tertiary/aromatic N) is 6. The van der Waals surface area contributed by atoms with Gasteiger partial charge in [-0.25, -0.2) is 23.9 Å². The maximum atomic E-state index is 12.5. The molecule has 0 radical (unpaired) electrons. The summed E-state index contributed by atoms with van der Waals surface area (Å²) in [5, 5.41) is 10.0. The molecular formula is C23H30N8O3S. The molecule has 3 amide bonds. The lowest BCUT2D eigenvalue weighted by Crippen LogP contribution is -2.40. The fourth-order valence-electron chi connectivity index (χ4n) is 3.76. The predicted molar refractivity (Wildman–Crippen MR) is 135 cm³/mol. The van der Waals surface area contributed by atoms with Crippen LogP contribution in [0.4, 0.5) is 15.4 Å². The molecule has 0 atom stereocenters. The zero-order valence-corrected chi connectivity index (χ0v) is 21.0. The van der Waals surface area contributed by atoms with Crippen molar-refractivity contribution in [2.75, 3.05) is 10.8 Å². The minimum absolute atomic E-state index is 0.180. The summed E-state index contributed by atoms with van der Waals surface area (Å²) in [7, 11) is 0. The van der Waals surface area contributed by atoms with Crippen LogP contribution < -0.4 is 14.9 Å². The van der Waals surface area contributed by atoms with E-state index in [-0.39, 0.29) is 12.1 Å². The third kappa shape index (κ3) is 6.59. The molecular weight excluding hydrogens is 468 g/mol. The van der Waals surface area contributed by atoms with E-state index in [0.29, 0.717) is 35.8 Å². The monoisotopic (exact) mass is 498 g/mol.